The van der Waals surface area contributed by atoms with Crippen LogP contribution < -0.4 is 0 Å². The maximum Gasteiger partial charge on any atom is 0.416 e. The number of ketones is 6. The topological polar surface area (TPSA) is 139 Å². The van der Waals surface area contributed by atoms with E-state index in [4.69, 9.17) is 18.9 Å². The molecule has 6 heterocycles. The molecule has 2 aliphatic heterocycles. The molecular weight excluding hydrogens is 1070 g/mol. The van der Waals surface area contributed by atoms with Crippen LogP contribution in [0.2, 0.25) is 0 Å². The minimum atomic E-state index is -4.53. The number of alkyl halides is 6. The van der Waals surface area contributed by atoms with Gasteiger partial charge in [-0.1, -0.05) is 83.9 Å². The molecular formula is C56H34F6O10S4. The van der Waals surface area contributed by atoms with Crippen molar-refractivity contribution in [2.75, 3.05) is 26.4 Å². The van der Waals surface area contributed by atoms with Crippen LogP contribution in [0.5, 0.6) is 0 Å². The predicted molar refractivity (Wildman–Crippen MR) is 270 cm³/mol. The largest absolute Gasteiger partial charge is 0.416 e. The van der Waals surface area contributed by atoms with Gasteiger partial charge in [0, 0.05) is 44.5 Å². The summed E-state index contributed by atoms with van der Waals surface area (Å²) in [5, 5.41) is 0. The number of thiophene rings is 4. The predicted octanol–water partition coefficient (Wildman–Crippen LogP) is 13.3. The summed E-state index contributed by atoms with van der Waals surface area (Å²) >= 11 is 4.48. The lowest BCUT2D eigenvalue weighted by Crippen LogP contribution is -2.53. The van der Waals surface area contributed by atoms with Crippen molar-refractivity contribution < 1.29 is 74.1 Å². The Hall–Kier alpha value is -6.88. The number of benzene rings is 4. The fourth-order valence-corrected chi connectivity index (χ4v) is 14.1. The Labute approximate surface area is 443 Å². The summed E-state index contributed by atoms with van der Waals surface area (Å²) in [5.41, 5.74) is 2.69. The summed E-state index contributed by atoms with van der Waals surface area (Å²) < 4.78 is 103. The number of carbonyl (C=O) groups excluding carboxylic acids is 6. The van der Waals surface area contributed by atoms with Crippen molar-refractivity contribution in [3.8, 4) is 19.5 Å². The van der Waals surface area contributed by atoms with E-state index in [1.54, 1.807) is 48.5 Å². The van der Waals surface area contributed by atoms with Crippen LogP contribution in [0.15, 0.2) is 121 Å². The summed E-state index contributed by atoms with van der Waals surface area (Å²) in [5.74, 6) is -6.03. The molecule has 2 spiro atoms. The minimum Gasteiger partial charge on any atom is -0.339 e. The highest BCUT2D eigenvalue weighted by Crippen LogP contribution is 2.63. The van der Waals surface area contributed by atoms with Gasteiger partial charge in [-0.3, -0.25) is 28.8 Å². The molecule has 10 nitrogen and oxygen atoms in total. The number of Topliss-reactive ketones (excluding diaryl/α,β-unsaturated/α-hetero) is 2. The second-order valence-corrected chi connectivity index (χ2v) is 22.1. The number of carbonyl (C=O) groups is 6. The molecule has 2 saturated heterocycles. The van der Waals surface area contributed by atoms with Crippen LogP contribution in [0.1, 0.15) is 115 Å². The first-order valence-electron chi connectivity index (χ1n) is 23.1. The smallest absolute Gasteiger partial charge is 0.339 e. The van der Waals surface area contributed by atoms with E-state index < -0.39 is 58.2 Å². The van der Waals surface area contributed by atoms with Gasteiger partial charge in [-0.15, -0.1) is 45.3 Å². The van der Waals surface area contributed by atoms with Crippen molar-refractivity contribution in [1.82, 2.24) is 0 Å². The van der Waals surface area contributed by atoms with E-state index in [-0.39, 0.29) is 74.9 Å². The lowest BCUT2D eigenvalue weighted by Gasteiger charge is -2.44. The van der Waals surface area contributed by atoms with Gasteiger partial charge in [0.25, 0.3) is 11.6 Å². The molecule has 4 aliphatic rings. The van der Waals surface area contributed by atoms with E-state index in [9.17, 15) is 55.1 Å². The van der Waals surface area contributed by atoms with Crippen LogP contribution in [0.25, 0.3) is 19.5 Å². The molecule has 0 atom stereocenters. The van der Waals surface area contributed by atoms with E-state index in [1.807, 2.05) is 26.0 Å². The Morgan fingerprint density at radius 3 is 0.961 bits per heavy atom. The normalized spacial score (nSPS) is 15.9. The minimum absolute atomic E-state index is 0.0250. The second kappa shape index (κ2) is 19.0. The highest BCUT2D eigenvalue weighted by Gasteiger charge is 2.67. The quantitative estimate of drug-likeness (QED) is 0.0821. The summed E-state index contributed by atoms with van der Waals surface area (Å²) in [7, 11) is 0. The molecule has 2 fully saturated rings. The molecule has 0 saturated carbocycles. The average Bonchev–Trinajstić information content (AvgIpc) is 4.35. The standard InChI is InChI=1S/C30H21F3O6S2.C26H13F3O4S2/c1-16-2-4-17(5-3-16)24(34)22-14-20-26(40-22)27-21(29(38-12-13-39-29)28(20)36-10-11-37-28)15-23(41-27)25(35)18-6-8-19(9-7-18)30(31,32)33;1-12-2-4-13(5-3-12)20(30)18-10-16-22(32)23(33)17-11-19(35-25(17)24(16)34-18)21(31)14-6-8-15(9-7-14)26(27,28)29/h2-9,14-15H,10-13H2,1H3;2-11H,1H3. The maximum atomic E-state index is 13.5. The third-order valence-electron chi connectivity index (χ3n) is 13.0. The third-order valence-corrected chi connectivity index (χ3v) is 17.9. The molecule has 2 aliphatic carbocycles. The molecule has 0 unspecified atom stereocenters. The van der Waals surface area contributed by atoms with Gasteiger partial charge in [-0.25, -0.2) is 0 Å². The zero-order valence-electron chi connectivity index (χ0n) is 39.4. The van der Waals surface area contributed by atoms with Crippen LogP contribution in [0.4, 0.5) is 26.3 Å². The van der Waals surface area contributed by atoms with Gasteiger partial charge in [0.05, 0.1) is 76.6 Å². The number of hydrogen-bond acceptors (Lipinski definition) is 14. The number of ether oxygens (including phenoxy) is 4. The molecule has 20 heteroatoms. The van der Waals surface area contributed by atoms with Crippen molar-refractivity contribution in [2.45, 2.75) is 37.8 Å². The van der Waals surface area contributed by atoms with Gasteiger partial charge in [0.15, 0.2) is 0 Å². The molecule has 0 amide bonds. The van der Waals surface area contributed by atoms with Crippen LogP contribution >= 0.6 is 45.3 Å². The lowest BCUT2D eigenvalue weighted by atomic mass is 9.84. The third kappa shape index (κ3) is 8.66. The van der Waals surface area contributed by atoms with Gasteiger partial charge in [-0.05, 0) is 62.4 Å². The van der Waals surface area contributed by atoms with Crippen molar-refractivity contribution >= 4 is 80.0 Å². The monoisotopic (exact) mass is 1110 g/mol. The van der Waals surface area contributed by atoms with Gasteiger partial charge in [-0.2, -0.15) is 26.3 Å². The lowest BCUT2D eigenvalue weighted by molar-refractivity contribution is -0.365. The first kappa shape index (κ1) is 51.2. The first-order chi connectivity index (χ1) is 36.2. The van der Waals surface area contributed by atoms with Crippen molar-refractivity contribution in [3.63, 3.8) is 0 Å². The highest BCUT2D eigenvalue weighted by atomic mass is 32.1. The summed E-state index contributed by atoms with van der Waals surface area (Å²) in [4.78, 5) is 81.7. The summed E-state index contributed by atoms with van der Waals surface area (Å²) in [6.45, 7) is 4.87. The van der Waals surface area contributed by atoms with Crippen molar-refractivity contribution in [1.29, 1.82) is 0 Å². The van der Waals surface area contributed by atoms with Gasteiger partial charge >= 0.3 is 12.4 Å². The van der Waals surface area contributed by atoms with E-state index in [0.29, 0.717) is 46.6 Å². The van der Waals surface area contributed by atoms with Crippen LogP contribution in [0.3, 0.4) is 0 Å². The Morgan fingerprint density at radius 2 is 0.671 bits per heavy atom. The Kier molecular flexibility index (Phi) is 12.8. The molecule has 0 bridgehead atoms. The molecule has 12 rings (SSSR count). The molecule has 4 aromatic carbocycles. The zero-order valence-corrected chi connectivity index (χ0v) is 42.6. The van der Waals surface area contributed by atoms with Crippen molar-refractivity contribution in [3.05, 3.63) is 208 Å². The Morgan fingerprint density at radius 1 is 0.408 bits per heavy atom. The number of hydrogen-bond donors (Lipinski definition) is 0. The van der Waals surface area contributed by atoms with E-state index >= 15 is 0 Å². The molecule has 0 N–H and O–H groups in total. The fourth-order valence-electron chi connectivity index (χ4n) is 9.23. The molecule has 0 radical (unpaired) electrons. The maximum absolute atomic E-state index is 13.5. The SMILES string of the molecule is Cc1ccc(C(=O)c2cc3c(s2)-c2sc(C(=O)c4ccc(C(F)(F)F)cc4)cc2C(=O)C3=O)cc1.Cc1ccc(C(=O)c2cc3c(s2)-c2sc(C(=O)c4ccc(C(F)(F)F)cc4)cc2C2(OCCO2)C32OCCO2)cc1. The number of rotatable bonds is 8. The van der Waals surface area contributed by atoms with Crippen LogP contribution in [-0.4, -0.2) is 61.1 Å². The summed E-state index contributed by atoms with van der Waals surface area (Å²) in [6, 6.07) is 28.2. The number of aryl methyl sites for hydroxylation is 2. The molecule has 4 aromatic heterocycles. The second-order valence-electron chi connectivity index (χ2n) is 17.9. The molecule has 384 valence electrons. The Balaban J connectivity index is 0.000000164. The van der Waals surface area contributed by atoms with Crippen molar-refractivity contribution in [2.24, 2.45) is 0 Å². The fraction of sp³-hybridized carbons (Fsp3) is 0.179. The number of fused-ring (bicyclic) bond motifs is 9. The van der Waals surface area contributed by atoms with Crippen LogP contribution in [0, 0.1) is 13.8 Å². The van der Waals surface area contributed by atoms with E-state index in [2.05, 4.69) is 0 Å². The van der Waals surface area contributed by atoms with E-state index in [0.717, 1.165) is 70.2 Å². The summed E-state index contributed by atoms with van der Waals surface area (Å²) in [6.07, 6.45) is -9.04. The molecule has 8 aromatic rings. The van der Waals surface area contributed by atoms with Gasteiger partial charge in [0.1, 0.15) is 0 Å². The van der Waals surface area contributed by atoms with Gasteiger partial charge < -0.3 is 18.9 Å². The number of halogens is 6. The van der Waals surface area contributed by atoms with E-state index in [1.165, 1.54) is 46.9 Å². The first-order valence-corrected chi connectivity index (χ1v) is 26.3. The highest BCUT2D eigenvalue weighted by molar-refractivity contribution is 7.25. The zero-order chi connectivity index (χ0) is 53.6. The van der Waals surface area contributed by atoms with Crippen LogP contribution in [-0.2, 0) is 42.9 Å². The Bertz CT molecular complexity index is 3700. The average molecular weight is 1110 g/mol. The molecule has 76 heavy (non-hydrogen) atoms. The van der Waals surface area contributed by atoms with Gasteiger partial charge in [0.2, 0.25) is 34.7 Å².